The van der Waals surface area contributed by atoms with Gasteiger partial charge < -0.3 is 4.74 Å². The van der Waals surface area contributed by atoms with E-state index in [9.17, 15) is 13.2 Å². The van der Waals surface area contributed by atoms with Gasteiger partial charge >= 0.3 is 0 Å². The molecule has 4 aromatic rings. The smallest absolute Gasteiger partial charge is 0.280 e. The number of hydrogen-bond acceptors (Lipinski definition) is 7. The highest BCUT2D eigenvalue weighted by Crippen LogP contribution is 2.32. The van der Waals surface area contributed by atoms with Crippen LogP contribution in [0.2, 0.25) is 0 Å². The standard InChI is InChI=1S/C29H32N4O4S2/c1-5-7-18-32(6-2)39(35,36)25-15-12-23(13-16-25)28(34)33(30-20-22-10-8-21(3)9-11-22)29-31-26-17-14-24(37-4)19-27(26)38-29/h8-17,19-20H,5-7,18H2,1-4H3/b30-20+. The number of nitrogens with zero attached hydrogens (tertiary/aromatic N) is 4. The SMILES string of the molecule is CCCCN(CC)S(=O)(=O)c1ccc(C(=O)N(/N=C/c2ccc(C)cc2)c2nc3ccc(OC)cc3s2)cc1. The van der Waals surface area contributed by atoms with Gasteiger partial charge in [0.1, 0.15) is 5.75 Å². The molecule has 8 nitrogen and oxygen atoms in total. The molecule has 0 unspecified atom stereocenters. The number of carbonyl (C=O) groups is 1. The number of hydrazone groups is 1. The fourth-order valence-corrected chi connectivity index (χ4v) is 6.34. The molecule has 0 aliphatic carbocycles. The van der Waals surface area contributed by atoms with Gasteiger partial charge in [-0.3, -0.25) is 4.79 Å². The number of aryl methyl sites for hydroxylation is 1. The zero-order chi connectivity index (χ0) is 28.0. The first kappa shape index (κ1) is 28.4. The first-order valence-corrected chi connectivity index (χ1v) is 15.0. The third-order valence-corrected chi connectivity index (χ3v) is 9.19. The second-order valence-electron chi connectivity index (χ2n) is 8.98. The molecule has 0 radical (unpaired) electrons. The van der Waals surface area contributed by atoms with Crippen LogP contribution in [-0.2, 0) is 10.0 Å². The van der Waals surface area contributed by atoms with Crippen LogP contribution in [0, 0.1) is 6.92 Å². The highest BCUT2D eigenvalue weighted by molar-refractivity contribution is 7.89. The summed E-state index contributed by atoms with van der Waals surface area (Å²) in [6, 6.07) is 19.3. The minimum atomic E-state index is -3.66. The molecule has 0 aliphatic rings. The maximum Gasteiger partial charge on any atom is 0.280 e. The number of fused-ring (bicyclic) bond motifs is 1. The first-order valence-electron chi connectivity index (χ1n) is 12.8. The van der Waals surface area contributed by atoms with Gasteiger partial charge in [0.2, 0.25) is 15.2 Å². The van der Waals surface area contributed by atoms with Crippen molar-refractivity contribution in [3.05, 3.63) is 83.4 Å². The van der Waals surface area contributed by atoms with E-state index < -0.39 is 15.9 Å². The molecular formula is C29H32N4O4S2. The number of sulfonamides is 1. The first-order chi connectivity index (χ1) is 18.8. The summed E-state index contributed by atoms with van der Waals surface area (Å²) in [7, 11) is -2.06. The highest BCUT2D eigenvalue weighted by atomic mass is 32.2. The van der Waals surface area contributed by atoms with Gasteiger partial charge in [-0.1, -0.05) is 61.4 Å². The van der Waals surface area contributed by atoms with Gasteiger partial charge in [0.25, 0.3) is 5.91 Å². The molecule has 0 atom stereocenters. The maximum absolute atomic E-state index is 13.7. The number of rotatable bonds is 11. The molecule has 0 saturated carbocycles. The van der Waals surface area contributed by atoms with Crippen LogP contribution in [-0.4, -0.2) is 50.0 Å². The molecule has 1 heterocycles. The number of thiazole rings is 1. The second kappa shape index (κ2) is 12.5. The zero-order valence-electron chi connectivity index (χ0n) is 22.5. The van der Waals surface area contributed by atoms with Gasteiger partial charge in [0.15, 0.2) is 0 Å². The molecule has 39 heavy (non-hydrogen) atoms. The summed E-state index contributed by atoms with van der Waals surface area (Å²) in [5, 5.41) is 6.14. The van der Waals surface area contributed by atoms with Gasteiger partial charge in [0, 0.05) is 18.7 Å². The average Bonchev–Trinajstić information content (AvgIpc) is 3.37. The molecule has 3 aromatic carbocycles. The van der Waals surface area contributed by atoms with Crippen LogP contribution in [0.25, 0.3) is 10.2 Å². The number of aromatic nitrogens is 1. The molecule has 10 heteroatoms. The summed E-state index contributed by atoms with van der Waals surface area (Å²) >= 11 is 1.32. The van der Waals surface area contributed by atoms with Crippen LogP contribution < -0.4 is 9.75 Å². The monoisotopic (exact) mass is 564 g/mol. The van der Waals surface area contributed by atoms with Crippen LogP contribution in [0.5, 0.6) is 5.75 Å². The molecule has 204 valence electrons. The molecule has 0 fully saturated rings. The summed E-state index contributed by atoms with van der Waals surface area (Å²) in [5.41, 5.74) is 2.96. The number of methoxy groups -OCH3 is 1. The van der Waals surface area contributed by atoms with Gasteiger partial charge in [-0.2, -0.15) is 14.4 Å². The van der Waals surface area contributed by atoms with E-state index >= 15 is 0 Å². The van der Waals surface area contributed by atoms with E-state index in [4.69, 9.17) is 4.74 Å². The Bertz CT molecular complexity index is 1560. The quantitative estimate of drug-likeness (QED) is 0.162. The fourth-order valence-electron chi connectivity index (χ4n) is 3.90. The highest BCUT2D eigenvalue weighted by Gasteiger charge is 2.25. The second-order valence-corrected chi connectivity index (χ2v) is 11.9. The normalized spacial score (nSPS) is 11.9. The number of amides is 1. The zero-order valence-corrected chi connectivity index (χ0v) is 24.1. The third kappa shape index (κ3) is 6.52. The third-order valence-electron chi connectivity index (χ3n) is 6.21. The average molecular weight is 565 g/mol. The number of anilines is 1. The summed E-state index contributed by atoms with van der Waals surface area (Å²) < 4.78 is 33.9. The predicted molar refractivity (Wildman–Crippen MR) is 158 cm³/mol. The molecule has 0 N–H and O–H groups in total. The number of carbonyl (C=O) groups excluding carboxylic acids is 1. The molecular weight excluding hydrogens is 532 g/mol. The summed E-state index contributed by atoms with van der Waals surface area (Å²) in [6.45, 7) is 6.69. The van der Waals surface area contributed by atoms with E-state index in [1.54, 1.807) is 13.3 Å². The van der Waals surface area contributed by atoms with E-state index in [0.29, 0.717) is 35.1 Å². The van der Waals surface area contributed by atoms with Crippen LogP contribution in [0.3, 0.4) is 0 Å². The van der Waals surface area contributed by atoms with Crippen molar-refractivity contribution in [3.63, 3.8) is 0 Å². The Morgan fingerprint density at radius 1 is 1.05 bits per heavy atom. The van der Waals surface area contributed by atoms with Crippen LogP contribution in [0.15, 0.2) is 76.7 Å². The number of unbranched alkanes of at least 4 members (excludes halogenated alkanes) is 1. The molecule has 0 saturated heterocycles. The van der Waals surface area contributed by atoms with Crippen molar-refractivity contribution >= 4 is 48.8 Å². The van der Waals surface area contributed by atoms with Crippen molar-refractivity contribution in [3.8, 4) is 5.75 Å². The Labute approximate surface area is 233 Å². The van der Waals surface area contributed by atoms with Crippen LogP contribution >= 0.6 is 11.3 Å². The molecule has 0 bridgehead atoms. The van der Waals surface area contributed by atoms with Crippen molar-refractivity contribution in [1.82, 2.24) is 9.29 Å². The lowest BCUT2D eigenvalue weighted by Crippen LogP contribution is -2.32. The molecule has 0 spiro atoms. The van der Waals surface area contributed by atoms with E-state index in [1.807, 2.05) is 63.2 Å². The molecule has 1 amide bonds. The van der Waals surface area contributed by atoms with Crippen molar-refractivity contribution < 1.29 is 17.9 Å². The van der Waals surface area contributed by atoms with Crippen molar-refractivity contribution in [1.29, 1.82) is 0 Å². The fraction of sp³-hybridized carbons (Fsp3) is 0.276. The minimum absolute atomic E-state index is 0.152. The lowest BCUT2D eigenvalue weighted by atomic mass is 10.2. The lowest BCUT2D eigenvalue weighted by Gasteiger charge is -2.20. The lowest BCUT2D eigenvalue weighted by molar-refractivity contribution is 0.0987. The van der Waals surface area contributed by atoms with Crippen LogP contribution in [0.4, 0.5) is 5.13 Å². The van der Waals surface area contributed by atoms with Crippen molar-refractivity contribution in [2.75, 3.05) is 25.2 Å². The number of hydrogen-bond donors (Lipinski definition) is 0. The predicted octanol–water partition coefficient (Wildman–Crippen LogP) is 6.10. The molecule has 0 aliphatic heterocycles. The number of benzene rings is 3. The Morgan fingerprint density at radius 2 is 1.77 bits per heavy atom. The van der Waals surface area contributed by atoms with E-state index in [1.165, 1.54) is 44.9 Å². The molecule has 1 aromatic heterocycles. The van der Waals surface area contributed by atoms with Crippen molar-refractivity contribution in [2.24, 2.45) is 5.10 Å². The Hall–Kier alpha value is -3.60. The Balaban J connectivity index is 1.68. The Kier molecular flexibility index (Phi) is 9.11. The maximum atomic E-state index is 13.7. The van der Waals surface area contributed by atoms with Gasteiger partial charge in [0.05, 0.1) is 28.4 Å². The molecule has 4 rings (SSSR count). The van der Waals surface area contributed by atoms with Gasteiger partial charge in [-0.25, -0.2) is 13.4 Å². The summed E-state index contributed by atoms with van der Waals surface area (Å²) in [5.74, 6) is 0.266. The summed E-state index contributed by atoms with van der Waals surface area (Å²) in [4.78, 5) is 18.5. The van der Waals surface area contributed by atoms with Gasteiger partial charge in [-0.05, 0) is 61.4 Å². The van der Waals surface area contributed by atoms with Gasteiger partial charge in [-0.15, -0.1) is 0 Å². The van der Waals surface area contributed by atoms with Crippen molar-refractivity contribution in [2.45, 2.75) is 38.5 Å². The Morgan fingerprint density at radius 3 is 2.41 bits per heavy atom. The topological polar surface area (TPSA) is 92.2 Å². The largest absolute Gasteiger partial charge is 0.497 e. The van der Waals surface area contributed by atoms with Crippen LogP contribution in [0.1, 0.15) is 48.2 Å². The minimum Gasteiger partial charge on any atom is -0.497 e. The van der Waals surface area contributed by atoms with E-state index in [2.05, 4.69) is 10.1 Å². The van der Waals surface area contributed by atoms with E-state index in [-0.39, 0.29) is 4.90 Å². The number of ether oxygens (including phenoxy) is 1. The van der Waals surface area contributed by atoms with E-state index in [0.717, 1.165) is 28.7 Å². The summed E-state index contributed by atoms with van der Waals surface area (Å²) in [6.07, 6.45) is 3.29.